The minimum atomic E-state index is 0.512. The van der Waals surface area contributed by atoms with E-state index in [2.05, 4.69) is 46.2 Å². The van der Waals surface area contributed by atoms with Crippen molar-refractivity contribution in [3.63, 3.8) is 0 Å². The van der Waals surface area contributed by atoms with Crippen LogP contribution in [0.15, 0.2) is 0 Å². The summed E-state index contributed by atoms with van der Waals surface area (Å²) >= 11 is 2.30. The van der Waals surface area contributed by atoms with E-state index in [9.17, 15) is 0 Å². The van der Waals surface area contributed by atoms with E-state index < -0.39 is 0 Å². The van der Waals surface area contributed by atoms with Gasteiger partial charge in [-0.1, -0.05) is 26.7 Å². The molecular formula is C13H22IN3. The first kappa shape index (κ1) is 13.2. The zero-order valence-corrected chi connectivity index (χ0v) is 13.1. The van der Waals surface area contributed by atoms with Crippen molar-refractivity contribution in [2.45, 2.75) is 52.5 Å². The Balaban J connectivity index is 2.19. The van der Waals surface area contributed by atoms with Crippen molar-refractivity contribution in [3.05, 3.63) is 9.26 Å². The molecule has 0 amide bonds. The Morgan fingerprint density at radius 3 is 2.65 bits per heavy atom. The van der Waals surface area contributed by atoms with Crippen LogP contribution in [-0.2, 0) is 0 Å². The zero-order chi connectivity index (χ0) is 12.6. The van der Waals surface area contributed by atoms with Crippen molar-refractivity contribution < 1.29 is 0 Å². The topological polar surface area (TPSA) is 43.8 Å². The quantitative estimate of drug-likeness (QED) is 0.828. The summed E-state index contributed by atoms with van der Waals surface area (Å²) in [4.78, 5) is 0. The normalized spacial score (nSPS) is 25.5. The third kappa shape index (κ3) is 2.61. The summed E-state index contributed by atoms with van der Waals surface area (Å²) in [6, 6.07) is 0.512. The van der Waals surface area contributed by atoms with Gasteiger partial charge in [-0.2, -0.15) is 5.10 Å². The predicted octanol–water partition coefficient (Wildman–Crippen LogP) is 3.77. The second kappa shape index (κ2) is 5.16. The molecule has 3 nitrogen and oxygen atoms in total. The molecule has 4 heteroatoms. The Morgan fingerprint density at radius 2 is 2.12 bits per heavy atom. The fourth-order valence-electron chi connectivity index (χ4n) is 2.85. The number of halogens is 1. The van der Waals surface area contributed by atoms with Crippen LogP contribution in [0.4, 0.5) is 5.82 Å². The molecule has 2 atom stereocenters. The van der Waals surface area contributed by atoms with Crippen LogP contribution in [0.2, 0.25) is 0 Å². The minimum Gasteiger partial charge on any atom is -0.383 e. The molecule has 2 N–H and O–H groups in total. The summed E-state index contributed by atoms with van der Waals surface area (Å²) in [5.74, 6) is 2.46. The molecule has 2 rings (SSSR count). The van der Waals surface area contributed by atoms with E-state index in [0.29, 0.717) is 6.04 Å². The van der Waals surface area contributed by atoms with Gasteiger partial charge in [0.25, 0.3) is 0 Å². The number of nitrogens with zero attached hydrogens (tertiary/aromatic N) is 2. The van der Waals surface area contributed by atoms with Crippen molar-refractivity contribution in [1.29, 1.82) is 0 Å². The fraction of sp³-hybridized carbons (Fsp3) is 0.769. The third-order valence-corrected chi connectivity index (χ3v) is 5.36. The molecular weight excluding hydrogens is 325 g/mol. The van der Waals surface area contributed by atoms with Crippen LogP contribution in [0.5, 0.6) is 0 Å². The number of aryl methyl sites for hydroxylation is 1. The standard InChI is InChI=1S/C13H22IN3/c1-8(2)10-5-4-6-11(7-10)17-13(15)12(14)9(3)16-17/h8,10-11H,4-7,15H2,1-3H3. The van der Waals surface area contributed by atoms with E-state index in [4.69, 9.17) is 5.73 Å². The number of rotatable bonds is 2. The van der Waals surface area contributed by atoms with Gasteiger partial charge >= 0.3 is 0 Å². The Morgan fingerprint density at radius 1 is 1.41 bits per heavy atom. The highest BCUT2D eigenvalue weighted by atomic mass is 127. The largest absolute Gasteiger partial charge is 0.383 e. The molecule has 2 unspecified atom stereocenters. The molecule has 0 bridgehead atoms. The van der Waals surface area contributed by atoms with E-state index >= 15 is 0 Å². The summed E-state index contributed by atoms with van der Waals surface area (Å²) in [5.41, 5.74) is 7.21. The Bertz CT molecular complexity index is 398. The predicted molar refractivity (Wildman–Crippen MR) is 79.9 cm³/mol. The molecule has 1 aliphatic rings. The SMILES string of the molecule is Cc1nn(C2CCCC(C(C)C)C2)c(N)c1I. The van der Waals surface area contributed by atoms with Crippen molar-refractivity contribution in [1.82, 2.24) is 9.78 Å². The maximum Gasteiger partial charge on any atom is 0.135 e. The summed E-state index contributed by atoms with van der Waals surface area (Å²) in [6.07, 6.45) is 5.14. The molecule has 1 aliphatic carbocycles. The van der Waals surface area contributed by atoms with Crippen LogP contribution in [0.1, 0.15) is 51.3 Å². The lowest BCUT2D eigenvalue weighted by molar-refractivity contribution is 0.208. The highest BCUT2D eigenvalue weighted by Crippen LogP contribution is 2.38. The highest BCUT2D eigenvalue weighted by Gasteiger charge is 2.27. The molecule has 0 saturated heterocycles. The van der Waals surface area contributed by atoms with Gasteiger partial charge in [0.15, 0.2) is 0 Å². The first-order valence-corrected chi connectivity index (χ1v) is 7.58. The summed E-state index contributed by atoms with van der Waals surface area (Å²) in [5, 5.41) is 4.61. The van der Waals surface area contributed by atoms with Gasteiger partial charge in [0.05, 0.1) is 15.3 Å². The van der Waals surface area contributed by atoms with Crippen LogP contribution in [0.25, 0.3) is 0 Å². The second-order valence-corrected chi connectivity index (χ2v) is 6.63. The van der Waals surface area contributed by atoms with Gasteiger partial charge in [0.2, 0.25) is 0 Å². The van der Waals surface area contributed by atoms with Crippen LogP contribution in [-0.4, -0.2) is 9.78 Å². The Hall–Kier alpha value is -0.260. The summed E-state index contributed by atoms with van der Waals surface area (Å²) < 4.78 is 3.19. The first-order valence-electron chi connectivity index (χ1n) is 6.50. The molecule has 1 heterocycles. The van der Waals surface area contributed by atoms with Crippen molar-refractivity contribution in [3.8, 4) is 0 Å². The van der Waals surface area contributed by atoms with E-state index in [1.54, 1.807) is 0 Å². The average molecular weight is 347 g/mol. The van der Waals surface area contributed by atoms with Crippen molar-refractivity contribution in [2.24, 2.45) is 11.8 Å². The third-order valence-electron chi connectivity index (χ3n) is 4.02. The molecule has 17 heavy (non-hydrogen) atoms. The number of nitrogen functional groups attached to an aromatic ring is 1. The minimum absolute atomic E-state index is 0.512. The number of nitrogens with two attached hydrogens (primary N) is 1. The maximum absolute atomic E-state index is 6.15. The molecule has 0 aliphatic heterocycles. The Kier molecular flexibility index (Phi) is 4.00. The van der Waals surface area contributed by atoms with Crippen LogP contribution in [0.3, 0.4) is 0 Å². The van der Waals surface area contributed by atoms with Crippen molar-refractivity contribution in [2.75, 3.05) is 5.73 Å². The molecule has 0 aromatic carbocycles. The van der Waals surface area contributed by atoms with Crippen LogP contribution < -0.4 is 5.73 Å². The van der Waals surface area contributed by atoms with E-state index in [-0.39, 0.29) is 0 Å². The van der Waals surface area contributed by atoms with Gasteiger partial charge in [-0.15, -0.1) is 0 Å². The smallest absolute Gasteiger partial charge is 0.135 e. The van der Waals surface area contributed by atoms with Gasteiger partial charge in [0, 0.05) is 0 Å². The molecule has 1 aromatic heterocycles. The maximum atomic E-state index is 6.15. The molecule has 1 aromatic rings. The Labute approximate surface area is 117 Å². The number of hydrogen-bond donors (Lipinski definition) is 1. The summed E-state index contributed by atoms with van der Waals surface area (Å²) in [7, 11) is 0. The van der Waals surface area contributed by atoms with Gasteiger partial charge in [-0.3, -0.25) is 0 Å². The molecule has 1 fully saturated rings. The number of aromatic nitrogens is 2. The van der Waals surface area contributed by atoms with Crippen molar-refractivity contribution >= 4 is 28.4 Å². The average Bonchev–Trinajstić information content (AvgIpc) is 2.57. The first-order chi connectivity index (χ1) is 8.00. The van der Waals surface area contributed by atoms with E-state index in [1.165, 1.54) is 25.7 Å². The zero-order valence-electron chi connectivity index (χ0n) is 10.9. The molecule has 96 valence electrons. The van der Waals surface area contributed by atoms with Gasteiger partial charge in [0.1, 0.15) is 5.82 Å². The number of hydrogen-bond acceptors (Lipinski definition) is 2. The second-order valence-electron chi connectivity index (χ2n) is 5.55. The lowest BCUT2D eigenvalue weighted by Gasteiger charge is -2.32. The molecule has 1 saturated carbocycles. The highest BCUT2D eigenvalue weighted by molar-refractivity contribution is 14.1. The lowest BCUT2D eigenvalue weighted by atomic mass is 9.79. The van der Waals surface area contributed by atoms with Gasteiger partial charge in [-0.25, -0.2) is 4.68 Å². The molecule has 0 spiro atoms. The monoisotopic (exact) mass is 347 g/mol. The van der Waals surface area contributed by atoms with E-state index in [0.717, 1.165) is 26.9 Å². The van der Waals surface area contributed by atoms with Crippen LogP contribution in [0, 0.1) is 22.3 Å². The van der Waals surface area contributed by atoms with Gasteiger partial charge < -0.3 is 5.73 Å². The fourth-order valence-corrected chi connectivity index (χ4v) is 3.21. The summed E-state index contributed by atoms with van der Waals surface area (Å²) in [6.45, 7) is 6.69. The van der Waals surface area contributed by atoms with Crippen LogP contribution >= 0.6 is 22.6 Å². The lowest BCUT2D eigenvalue weighted by Crippen LogP contribution is -2.24. The van der Waals surface area contributed by atoms with E-state index in [1.807, 2.05) is 6.92 Å². The van der Waals surface area contributed by atoms with Gasteiger partial charge in [-0.05, 0) is 54.2 Å². The number of anilines is 1. The molecule has 0 radical (unpaired) electrons.